The van der Waals surface area contributed by atoms with Crippen molar-refractivity contribution in [2.24, 2.45) is 0 Å². The smallest absolute Gasteiger partial charge is 0.00932 e. The zero-order valence-corrected chi connectivity index (χ0v) is 12.8. The van der Waals surface area contributed by atoms with Crippen molar-refractivity contribution in [3.05, 3.63) is 71.8 Å². The summed E-state index contributed by atoms with van der Waals surface area (Å²) in [5, 5.41) is 0. The van der Waals surface area contributed by atoms with Crippen LogP contribution in [0.5, 0.6) is 0 Å². The quantitative estimate of drug-likeness (QED) is 0.563. The van der Waals surface area contributed by atoms with Crippen LogP contribution in [0.15, 0.2) is 60.7 Å². The number of hydrogen-bond acceptors (Lipinski definition) is 0. The van der Waals surface area contributed by atoms with E-state index in [4.69, 9.17) is 0 Å². The van der Waals surface area contributed by atoms with Crippen LogP contribution in [0.4, 0.5) is 0 Å². The number of rotatable bonds is 7. The van der Waals surface area contributed by atoms with Crippen LogP contribution in [-0.2, 0) is 0 Å². The minimum absolute atomic E-state index is 0.642. The van der Waals surface area contributed by atoms with Crippen molar-refractivity contribution in [2.75, 3.05) is 0 Å². The molecule has 0 fully saturated rings. The summed E-state index contributed by atoms with van der Waals surface area (Å²) in [7, 11) is 0. The molecule has 2 aromatic carbocycles. The Bertz CT molecular complexity index is 424. The first-order chi connectivity index (χ1) is 9.86. The van der Waals surface area contributed by atoms with Crippen LogP contribution in [0.3, 0.4) is 0 Å². The lowest BCUT2D eigenvalue weighted by Crippen LogP contribution is -2.11. The zero-order chi connectivity index (χ0) is 14.2. The van der Waals surface area contributed by atoms with Crippen molar-refractivity contribution in [3.63, 3.8) is 0 Å². The van der Waals surface area contributed by atoms with Crippen molar-refractivity contribution >= 4 is 0 Å². The fourth-order valence-corrected chi connectivity index (χ4v) is 3.22. The van der Waals surface area contributed by atoms with E-state index in [1.165, 1.54) is 36.8 Å². The zero-order valence-electron chi connectivity index (χ0n) is 12.8. The van der Waals surface area contributed by atoms with Crippen LogP contribution < -0.4 is 0 Å². The Morgan fingerprint density at radius 2 is 0.950 bits per heavy atom. The molecule has 2 aromatic rings. The van der Waals surface area contributed by atoms with E-state index in [9.17, 15) is 0 Å². The fourth-order valence-electron chi connectivity index (χ4n) is 3.22. The summed E-state index contributed by atoms with van der Waals surface area (Å²) >= 11 is 0. The van der Waals surface area contributed by atoms with Crippen LogP contribution in [0.2, 0.25) is 0 Å². The monoisotopic (exact) mass is 266 g/mol. The van der Waals surface area contributed by atoms with Crippen LogP contribution >= 0.6 is 0 Å². The summed E-state index contributed by atoms with van der Waals surface area (Å²) in [4.78, 5) is 0. The summed E-state index contributed by atoms with van der Waals surface area (Å²) in [6.45, 7) is 4.59. The lowest BCUT2D eigenvalue weighted by molar-refractivity contribution is 0.468. The van der Waals surface area contributed by atoms with Crippen LogP contribution in [0, 0.1) is 0 Å². The molecule has 0 spiro atoms. The second-order valence-corrected chi connectivity index (χ2v) is 5.61. The van der Waals surface area contributed by atoms with E-state index in [1.807, 2.05) is 0 Å². The third-order valence-electron chi connectivity index (χ3n) is 4.14. The molecule has 106 valence electrons. The Balaban J connectivity index is 2.33. The first-order valence-corrected chi connectivity index (χ1v) is 7.96. The van der Waals surface area contributed by atoms with Gasteiger partial charge in [0.25, 0.3) is 0 Å². The van der Waals surface area contributed by atoms with Crippen molar-refractivity contribution in [1.29, 1.82) is 0 Å². The van der Waals surface area contributed by atoms with Gasteiger partial charge >= 0.3 is 0 Å². The summed E-state index contributed by atoms with van der Waals surface area (Å²) in [6.07, 6.45) is 5.02. The average Bonchev–Trinajstić information content (AvgIpc) is 2.52. The van der Waals surface area contributed by atoms with Gasteiger partial charge in [0.1, 0.15) is 0 Å². The number of benzene rings is 2. The normalized spacial score (nSPS) is 13.9. The third kappa shape index (κ3) is 3.72. The summed E-state index contributed by atoms with van der Waals surface area (Å²) < 4.78 is 0. The molecule has 0 saturated carbocycles. The Morgan fingerprint density at radius 1 is 0.600 bits per heavy atom. The Kier molecular flexibility index (Phi) is 5.86. The highest BCUT2D eigenvalue weighted by molar-refractivity contribution is 5.28. The maximum absolute atomic E-state index is 2.30. The van der Waals surface area contributed by atoms with E-state index in [1.54, 1.807) is 0 Å². The van der Waals surface area contributed by atoms with Crippen molar-refractivity contribution in [1.82, 2.24) is 0 Å². The molecule has 0 aliphatic heterocycles. The topological polar surface area (TPSA) is 0 Å². The molecule has 2 rings (SSSR count). The van der Waals surface area contributed by atoms with E-state index < -0.39 is 0 Å². The van der Waals surface area contributed by atoms with Gasteiger partial charge in [0.15, 0.2) is 0 Å². The van der Waals surface area contributed by atoms with Crippen LogP contribution in [0.1, 0.15) is 62.5 Å². The molecule has 0 nitrogen and oxygen atoms in total. The molecule has 0 N–H and O–H groups in total. The maximum Gasteiger partial charge on any atom is -0.00932 e. The van der Waals surface area contributed by atoms with E-state index in [0.29, 0.717) is 11.8 Å². The molecule has 0 radical (unpaired) electrons. The van der Waals surface area contributed by atoms with Gasteiger partial charge in [-0.2, -0.15) is 0 Å². The van der Waals surface area contributed by atoms with E-state index >= 15 is 0 Å². The highest BCUT2D eigenvalue weighted by Crippen LogP contribution is 2.39. The Labute approximate surface area is 123 Å². The molecule has 0 heteroatoms. The highest BCUT2D eigenvalue weighted by atomic mass is 14.3. The predicted molar refractivity (Wildman–Crippen MR) is 88.2 cm³/mol. The minimum Gasteiger partial charge on any atom is -0.0654 e. The van der Waals surface area contributed by atoms with Crippen LogP contribution in [0.25, 0.3) is 0 Å². The fraction of sp³-hybridized carbons (Fsp3) is 0.400. The Morgan fingerprint density at radius 3 is 1.25 bits per heavy atom. The third-order valence-corrected chi connectivity index (χ3v) is 4.14. The molecule has 0 aliphatic carbocycles. The SMILES string of the molecule is CCC[C@H](c1ccccc1)[C@H](CCC)c1ccccc1. The van der Waals surface area contributed by atoms with Crippen LogP contribution in [-0.4, -0.2) is 0 Å². The molecule has 20 heavy (non-hydrogen) atoms. The first-order valence-electron chi connectivity index (χ1n) is 7.96. The molecule has 0 saturated heterocycles. The van der Waals surface area contributed by atoms with Crippen molar-refractivity contribution in [3.8, 4) is 0 Å². The van der Waals surface area contributed by atoms with Gasteiger partial charge in [-0.15, -0.1) is 0 Å². The molecule has 0 heterocycles. The Hall–Kier alpha value is -1.56. The van der Waals surface area contributed by atoms with E-state index in [0.717, 1.165) is 0 Å². The van der Waals surface area contributed by atoms with Gasteiger partial charge < -0.3 is 0 Å². The van der Waals surface area contributed by atoms with Gasteiger partial charge in [-0.3, -0.25) is 0 Å². The highest BCUT2D eigenvalue weighted by Gasteiger charge is 2.23. The molecule has 0 unspecified atom stereocenters. The largest absolute Gasteiger partial charge is 0.0654 e. The first kappa shape index (κ1) is 14.8. The minimum atomic E-state index is 0.642. The molecular formula is C20H26. The second-order valence-electron chi connectivity index (χ2n) is 5.61. The molecule has 0 bridgehead atoms. The average molecular weight is 266 g/mol. The van der Waals surface area contributed by atoms with Crippen molar-refractivity contribution in [2.45, 2.75) is 51.4 Å². The van der Waals surface area contributed by atoms with E-state index in [2.05, 4.69) is 74.5 Å². The molecular weight excluding hydrogens is 240 g/mol. The summed E-state index contributed by atoms with van der Waals surface area (Å²) in [5.74, 6) is 1.28. The van der Waals surface area contributed by atoms with Crippen molar-refractivity contribution < 1.29 is 0 Å². The van der Waals surface area contributed by atoms with Gasteiger partial charge in [0, 0.05) is 0 Å². The lowest BCUT2D eigenvalue weighted by Gasteiger charge is -2.28. The lowest BCUT2D eigenvalue weighted by atomic mass is 9.77. The van der Waals surface area contributed by atoms with Gasteiger partial charge in [-0.05, 0) is 35.8 Å². The number of hydrogen-bond donors (Lipinski definition) is 0. The molecule has 0 amide bonds. The molecule has 2 atom stereocenters. The predicted octanol–water partition coefficient (Wildman–Crippen LogP) is 6.15. The summed E-state index contributed by atoms with van der Waals surface area (Å²) in [5.41, 5.74) is 2.99. The van der Waals surface area contributed by atoms with Gasteiger partial charge in [-0.25, -0.2) is 0 Å². The standard InChI is InChI=1S/C20H26/c1-3-11-19(17-13-7-5-8-14-17)20(12-4-2)18-15-9-6-10-16-18/h5-10,13-16,19-20H,3-4,11-12H2,1-2H3/t19-,20-/m1/s1. The second kappa shape index (κ2) is 7.89. The summed E-state index contributed by atoms with van der Waals surface area (Å²) in [6, 6.07) is 22.1. The maximum atomic E-state index is 2.30. The van der Waals surface area contributed by atoms with E-state index in [-0.39, 0.29) is 0 Å². The van der Waals surface area contributed by atoms with Gasteiger partial charge in [0.05, 0.1) is 0 Å². The molecule has 0 aliphatic rings. The van der Waals surface area contributed by atoms with Gasteiger partial charge in [-0.1, -0.05) is 87.4 Å². The molecule has 0 aromatic heterocycles. The van der Waals surface area contributed by atoms with Gasteiger partial charge in [0.2, 0.25) is 0 Å².